The Morgan fingerprint density at radius 2 is 1.86 bits per heavy atom. The van der Waals surface area contributed by atoms with E-state index in [1.807, 2.05) is 0 Å². The SMILES string of the molecule is O=C(CC1CC1)N1CCC(C2NOC(C3CCNC(C4CCOC4)C3)N2)CC1. The van der Waals surface area contributed by atoms with Crippen LogP contribution in [0.4, 0.5) is 0 Å². The molecule has 1 amide bonds. The number of hydrogen-bond acceptors (Lipinski definition) is 6. The van der Waals surface area contributed by atoms with Crippen molar-refractivity contribution in [3.63, 3.8) is 0 Å². The Hall–Kier alpha value is -0.730. The summed E-state index contributed by atoms with van der Waals surface area (Å²) < 4.78 is 5.59. The number of carbonyl (C=O) groups is 1. The number of carbonyl (C=O) groups excluding carboxylic acids is 1. The summed E-state index contributed by atoms with van der Waals surface area (Å²) in [6.45, 7) is 4.69. The first-order valence-electron chi connectivity index (χ1n) is 11.5. The molecule has 5 atom stereocenters. The van der Waals surface area contributed by atoms with Gasteiger partial charge in [0.15, 0.2) is 0 Å². The van der Waals surface area contributed by atoms with Crippen molar-refractivity contribution in [2.45, 2.75) is 69.8 Å². The van der Waals surface area contributed by atoms with Crippen LogP contribution in [0.15, 0.2) is 0 Å². The van der Waals surface area contributed by atoms with Crippen molar-refractivity contribution >= 4 is 5.91 Å². The lowest BCUT2D eigenvalue weighted by molar-refractivity contribution is -0.133. The summed E-state index contributed by atoms with van der Waals surface area (Å²) in [5, 5.41) is 7.43. The lowest BCUT2D eigenvalue weighted by Gasteiger charge is -2.36. The van der Waals surface area contributed by atoms with Gasteiger partial charge >= 0.3 is 0 Å². The van der Waals surface area contributed by atoms with Crippen molar-refractivity contribution in [3.05, 3.63) is 0 Å². The zero-order valence-electron chi connectivity index (χ0n) is 16.9. The Morgan fingerprint density at radius 1 is 1.00 bits per heavy atom. The molecule has 4 heterocycles. The Morgan fingerprint density at radius 3 is 2.61 bits per heavy atom. The fraction of sp³-hybridized carbons (Fsp3) is 0.952. The molecule has 7 heteroatoms. The molecular formula is C21H36N4O3. The van der Waals surface area contributed by atoms with Crippen molar-refractivity contribution in [3.8, 4) is 0 Å². The molecule has 5 unspecified atom stereocenters. The summed E-state index contributed by atoms with van der Waals surface area (Å²) in [5.41, 5.74) is 3.28. The summed E-state index contributed by atoms with van der Waals surface area (Å²) in [4.78, 5) is 20.4. The minimum absolute atomic E-state index is 0.103. The lowest BCUT2D eigenvalue weighted by atomic mass is 9.84. The smallest absolute Gasteiger partial charge is 0.222 e. The van der Waals surface area contributed by atoms with Gasteiger partial charge in [0.05, 0.1) is 12.8 Å². The average molecular weight is 393 g/mol. The zero-order chi connectivity index (χ0) is 18.9. The highest BCUT2D eigenvalue weighted by Gasteiger charge is 2.40. The summed E-state index contributed by atoms with van der Waals surface area (Å²) in [6, 6.07) is 0.561. The zero-order valence-corrected chi connectivity index (χ0v) is 16.9. The average Bonchev–Trinajstić information content (AvgIpc) is 3.21. The minimum atomic E-state index is 0.103. The van der Waals surface area contributed by atoms with Gasteiger partial charge in [-0.05, 0) is 69.2 Å². The van der Waals surface area contributed by atoms with Crippen LogP contribution in [0.2, 0.25) is 0 Å². The molecule has 7 nitrogen and oxygen atoms in total. The van der Waals surface area contributed by atoms with E-state index < -0.39 is 0 Å². The largest absolute Gasteiger partial charge is 0.381 e. The van der Waals surface area contributed by atoms with Gasteiger partial charge in [0.25, 0.3) is 0 Å². The lowest BCUT2D eigenvalue weighted by Crippen LogP contribution is -2.50. The summed E-state index contributed by atoms with van der Waals surface area (Å²) >= 11 is 0. The summed E-state index contributed by atoms with van der Waals surface area (Å²) in [6.07, 6.45) is 9.22. The van der Waals surface area contributed by atoms with Crippen molar-refractivity contribution in [2.75, 3.05) is 32.8 Å². The number of amides is 1. The topological polar surface area (TPSA) is 74.9 Å². The fourth-order valence-corrected chi connectivity index (χ4v) is 5.52. The van der Waals surface area contributed by atoms with Crippen molar-refractivity contribution in [1.29, 1.82) is 0 Å². The fourth-order valence-electron chi connectivity index (χ4n) is 5.52. The predicted octanol–water partition coefficient (Wildman–Crippen LogP) is 1.21. The number of rotatable bonds is 5. The second kappa shape index (κ2) is 8.56. The molecular weight excluding hydrogens is 356 g/mol. The maximum Gasteiger partial charge on any atom is 0.222 e. The molecule has 3 N–H and O–H groups in total. The number of piperidine rings is 2. The molecule has 158 valence electrons. The molecule has 1 aliphatic carbocycles. The first-order chi connectivity index (χ1) is 13.8. The van der Waals surface area contributed by atoms with Crippen LogP contribution in [0.25, 0.3) is 0 Å². The van der Waals surface area contributed by atoms with Gasteiger partial charge in [-0.3, -0.25) is 14.9 Å². The van der Waals surface area contributed by atoms with Crippen LogP contribution in [0.3, 0.4) is 0 Å². The van der Waals surface area contributed by atoms with Gasteiger partial charge < -0.3 is 15.0 Å². The Bertz CT molecular complexity index is 544. The molecule has 28 heavy (non-hydrogen) atoms. The monoisotopic (exact) mass is 392 g/mol. The Labute approximate surface area is 168 Å². The van der Waals surface area contributed by atoms with Crippen LogP contribution < -0.4 is 16.1 Å². The van der Waals surface area contributed by atoms with Gasteiger partial charge in [-0.25, -0.2) is 0 Å². The quantitative estimate of drug-likeness (QED) is 0.653. The first kappa shape index (κ1) is 19.2. The Kier molecular flexibility index (Phi) is 5.88. The van der Waals surface area contributed by atoms with E-state index in [2.05, 4.69) is 21.0 Å². The first-order valence-corrected chi connectivity index (χ1v) is 11.5. The Balaban J connectivity index is 1.08. The van der Waals surface area contributed by atoms with Gasteiger partial charge in [-0.1, -0.05) is 0 Å². The van der Waals surface area contributed by atoms with Gasteiger partial charge in [0.1, 0.15) is 6.23 Å². The van der Waals surface area contributed by atoms with Crippen molar-refractivity contribution in [1.82, 2.24) is 21.0 Å². The van der Waals surface area contributed by atoms with E-state index in [1.54, 1.807) is 0 Å². The third-order valence-electron chi connectivity index (χ3n) is 7.63. The van der Waals surface area contributed by atoms with Gasteiger partial charge in [-0.2, -0.15) is 5.48 Å². The molecule has 5 rings (SSSR count). The normalized spacial score (nSPS) is 40.1. The van der Waals surface area contributed by atoms with Crippen LogP contribution >= 0.6 is 0 Å². The molecule has 0 aromatic rings. The van der Waals surface area contributed by atoms with Crippen LogP contribution in [-0.4, -0.2) is 62.1 Å². The maximum atomic E-state index is 12.3. The highest BCUT2D eigenvalue weighted by Crippen LogP contribution is 2.34. The van der Waals surface area contributed by atoms with Gasteiger partial charge in [-0.15, -0.1) is 0 Å². The standard InChI is InChI=1S/C21H36N4O3/c26-19(11-14-1-2-14)25-8-4-15(5-9-25)20-23-21(28-24-20)16-3-7-22-18(12-16)17-6-10-27-13-17/h14-18,20-24H,1-13H2. The molecule has 4 aliphatic heterocycles. The molecule has 0 spiro atoms. The molecule has 0 bridgehead atoms. The number of nitrogens with zero attached hydrogens (tertiary/aromatic N) is 1. The van der Waals surface area contributed by atoms with Crippen molar-refractivity contribution < 1.29 is 14.4 Å². The minimum Gasteiger partial charge on any atom is -0.381 e. The van der Waals surface area contributed by atoms with E-state index >= 15 is 0 Å². The van der Waals surface area contributed by atoms with Crippen LogP contribution in [0.1, 0.15) is 51.4 Å². The van der Waals surface area contributed by atoms with Gasteiger partial charge in [0.2, 0.25) is 5.91 Å². The molecule has 0 aromatic carbocycles. The van der Waals surface area contributed by atoms with E-state index in [-0.39, 0.29) is 12.4 Å². The molecule has 4 saturated heterocycles. The van der Waals surface area contributed by atoms with Crippen molar-refractivity contribution in [2.24, 2.45) is 23.7 Å². The number of nitrogens with one attached hydrogen (secondary N) is 3. The maximum absolute atomic E-state index is 12.3. The predicted molar refractivity (Wildman–Crippen MR) is 105 cm³/mol. The molecule has 5 aliphatic rings. The van der Waals surface area contributed by atoms with E-state index in [0.29, 0.717) is 35.6 Å². The number of ether oxygens (including phenoxy) is 1. The highest BCUT2D eigenvalue weighted by molar-refractivity contribution is 5.76. The van der Waals surface area contributed by atoms with E-state index in [4.69, 9.17) is 9.57 Å². The summed E-state index contributed by atoms with van der Waals surface area (Å²) in [5.74, 6) is 2.80. The molecule has 1 saturated carbocycles. The van der Waals surface area contributed by atoms with Crippen LogP contribution in [0, 0.1) is 23.7 Å². The van der Waals surface area contributed by atoms with E-state index in [0.717, 1.165) is 65.0 Å². The van der Waals surface area contributed by atoms with E-state index in [9.17, 15) is 4.79 Å². The molecule has 0 radical (unpaired) electrons. The number of hydroxylamine groups is 1. The van der Waals surface area contributed by atoms with Crippen LogP contribution in [-0.2, 0) is 14.4 Å². The third-order valence-corrected chi connectivity index (χ3v) is 7.63. The number of hydrogen-bond donors (Lipinski definition) is 3. The molecule has 5 fully saturated rings. The van der Waals surface area contributed by atoms with E-state index in [1.165, 1.54) is 19.3 Å². The van der Waals surface area contributed by atoms with Crippen LogP contribution in [0.5, 0.6) is 0 Å². The molecule has 0 aromatic heterocycles. The second-order valence-electron chi connectivity index (χ2n) is 9.64. The summed E-state index contributed by atoms with van der Waals surface area (Å²) in [7, 11) is 0. The third kappa shape index (κ3) is 4.38. The number of likely N-dealkylation sites (tertiary alicyclic amines) is 1. The van der Waals surface area contributed by atoms with Gasteiger partial charge in [0, 0.05) is 38.1 Å². The second-order valence-corrected chi connectivity index (χ2v) is 9.64. The highest BCUT2D eigenvalue weighted by atomic mass is 16.7.